The molecule has 0 radical (unpaired) electrons. The van der Waals surface area contributed by atoms with Gasteiger partial charge in [0.05, 0.1) is 0 Å². The summed E-state index contributed by atoms with van der Waals surface area (Å²) >= 11 is 0. The summed E-state index contributed by atoms with van der Waals surface area (Å²) in [5.41, 5.74) is 8.61. The molecular weight excluding hydrogens is 320 g/mol. The average Bonchev–Trinajstić information content (AvgIpc) is 2.61. The molecule has 0 spiro atoms. The summed E-state index contributed by atoms with van der Waals surface area (Å²) in [6.45, 7) is 15.1. The van der Waals surface area contributed by atoms with Crippen LogP contribution in [0.4, 0.5) is 5.69 Å². The van der Waals surface area contributed by atoms with Crippen molar-refractivity contribution in [3.63, 3.8) is 0 Å². The second kappa shape index (κ2) is 7.63. The van der Waals surface area contributed by atoms with Gasteiger partial charge in [0, 0.05) is 43.5 Å². The Hall–Kier alpha value is -2.13. The van der Waals surface area contributed by atoms with Crippen LogP contribution in [-0.4, -0.2) is 37.4 Å². The third-order valence-electron chi connectivity index (χ3n) is 5.70. The topological polar surface area (TPSA) is 23.6 Å². The van der Waals surface area contributed by atoms with Crippen molar-refractivity contribution in [3.8, 4) is 0 Å². The van der Waals surface area contributed by atoms with Crippen molar-refractivity contribution in [2.75, 3.05) is 31.1 Å². The van der Waals surface area contributed by atoms with E-state index >= 15 is 0 Å². The second-order valence-corrected chi connectivity index (χ2v) is 7.68. The van der Waals surface area contributed by atoms with Crippen LogP contribution in [0.25, 0.3) is 0 Å². The fourth-order valence-corrected chi connectivity index (χ4v) is 4.38. The third-order valence-corrected chi connectivity index (χ3v) is 5.70. The van der Waals surface area contributed by atoms with E-state index in [-0.39, 0.29) is 0 Å². The lowest BCUT2D eigenvalue weighted by atomic mass is 9.98. The maximum absolute atomic E-state index is 11.1. The first kappa shape index (κ1) is 18.7. The van der Waals surface area contributed by atoms with Crippen molar-refractivity contribution in [2.24, 2.45) is 0 Å². The molecule has 3 rings (SSSR count). The van der Waals surface area contributed by atoms with E-state index in [0.29, 0.717) is 6.04 Å². The molecule has 1 saturated heterocycles. The first-order valence-corrected chi connectivity index (χ1v) is 9.53. The van der Waals surface area contributed by atoms with Crippen molar-refractivity contribution >= 4 is 12.0 Å². The van der Waals surface area contributed by atoms with Crippen LogP contribution in [-0.2, 0) is 0 Å². The van der Waals surface area contributed by atoms with Gasteiger partial charge in [0.25, 0.3) is 0 Å². The Balaban J connectivity index is 1.72. The van der Waals surface area contributed by atoms with Crippen LogP contribution < -0.4 is 4.90 Å². The number of rotatable bonds is 4. The van der Waals surface area contributed by atoms with E-state index in [0.717, 1.165) is 38.0 Å². The first-order chi connectivity index (χ1) is 12.4. The zero-order chi connectivity index (χ0) is 18.8. The van der Waals surface area contributed by atoms with Crippen LogP contribution in [0.5, 0.6) is 0 Å². The van der Waals surface area contributed by atoms with Crippen molar-refractivity contribution in [1.29, 1.82) is 0 Å². The Labute approximate surface area is 157 Å². The highest BCUT2D eigenvalue weighted by Crippen LogP contribution is 2.30. The normalized spacial score (nSPS) is 16.6. The number of hydrogen-bond acceptors (Lipinski definition) is 3. The molecule has 0 unspecified atom stereocenters. The molecule has 3 nitrogen and oxygen atoms in total. The van der Waals surface area contributed by atoms with Gasteiger partial charge < -0.3 is 4.90 Å². The van der Waals surface area contributed by atoms with Crippen molar-refractivity contribution in [2.45, 2.75) is 40.7 Å². The largest absolute Gasteiger partial charge is 0.369 e. The number of hydrogen-bond donors (Lipinski definition) is 0. The molecule has 1 aliphatic rings. The summed E-state index contributed by atoms with van der Waals surface area (Å²) < 4.78 is 0. The van der Waals surface area contributed by atoms with Gasteiger partial charge in [-0.15, -0.1) is 0 Å². The summed E-state index contributed by atoms with van der Waals surface area (Å²) in [6, 6.07) is 11.2. The molecular formula is C23H30N2O. The van der Waals surface area contributed by atoms with Gasteiger partial charge in [0.1, 0.15) is 6.29 Å². The zero-order valence-electron chi connectivity index (χ0n) is 16.7. The monoisotopic (exact) mass is 350 g/mol. The standard InChI is InChI=1S/C23H30N2O/c1-16-6-7-22(17(2)12-16)20(5)24-8-10-25(11-9-24)23-18(3)13-21(15-26)14-19(23)4/h6-7,12-15,20H,8-11H2,1-5H3/t20-/m0/s1. The van der Waals surface area contributed by atoms with Crippen LogP contribution in [0.2, 0.25) is 0 Å². The van der Waals surface area contributed by atoms with E-state index in [9.17, 15) is 4.79 Å². The van der Waals surface area contributed by atoms with Crippen LogP contribution >= 0.6 is 0 Å². The minimum atomic E-state index is 0.442. The fraction of sp³-hybridized carbons (Fsp3) is 0.435. The van der Waals surface area contributed by atoms with Gasteiger partial charge in [0.15, 0.2) is 0 Å². The smallest absolute Gasteiger partial charge is 0.150 e. The van der Waals surface area contributed by atoms with Crippen LogP contribution in [0, 0.1) is 27.7 Å². The molecule has 0 aromatic heterocycles. The van der Waals surface area contributed by atoms with E-state index in [1.165, 1.54) is 33.5 Å². The molecule has 2 aromatic rings. The number of benzene rings is 2. The maximum atomic E-state index is 11.1. The van der Waals surface area contributed by atoms with E-state index in [1.807, 2.05) is 12.1 Å². The first-order valence-electron chi connectivity index (χ1n) is 9.53. The Morgan fingerprint density at radius 2 is 1.50 bits per heavy atom. The number of anilines is 1. The SMILES string of the molecule is Cc1ccc([C@H](C)N2CCN(c3c(C)cc(C=O)cc3C)CC2)c(C)c1. The highest BCUT2D eigenvalue weighted by Gasteiger charge is 2.24. The minimum absolute atomic E-state index is 0.442. The van der Waals surface area contributed by atoms with Gasteiger partial charge in [-0.05, 0) is 69.0 Å². The molecule has 0 saturated carbocycles. The number of nitrogens with zero attached hydrogens (tertiary/aromatic N) is 2. The molecule has 1 heterocycles. The number of piperazine rings is 1. The lowest BCUT2D eigenvalue weighted by molar-refractivity contribution is 0.112. The Morgan fingerprint density at radius 1 is 0.885 bits per heavy atom. The van der Waals surface area contributed by atoms with Crippen LogP contribution in [0.3, 0.4) is 0 Å². The predicted octanol–water partition coefficient (Wildman–Crippen LogP) is 4.62. The lowest BCUT2D eigenvalue weighted by Crippen LogP contribution is -2.47. The zero-order valence-corrected chi connectivity index (χ0v) is 16.7. The van der Waals surface area contributed by atoms with Crippen molar-refractivity contribution in [3.05, 3.63) is 63.7 Å². The van der Waals surface area contributed by atoms with Crippen LogP contribution in [0.15, 0.2) is 30.3 Å². The molecule has 138 valence electrons. The highest BCUT2D eigenvalue weighted by atomic mass is 16.1. The van der Waals surface area contributed by atoms with Crippen LogP contribution in [0.1, 0.15) is 51.1 Å². The van der Waals surface area contributed by atoms with Gasteiger partial charge in [-0.25, -0.2) is 0 Å². The van der Waals surface area contributed by atoms with Gasteiger partial charge in [-0.1, -0.05) is 23.8 Å². The van der Waals surface area contributed by atoms with E-state index in [1.54, 1.807) is 0 Å². The summed E-state index contributed by atoms with van der Waals surface area (Å²) in [7, 11) is 0. The fourth-order valence-electron chi connectivity index (χ4n) is 4.38. The van der Waals surface area contributed by atoms with Gasteiger partial charge >= 0.3 is 0 Å². The number of aryl methyl sites for hydroxylation is 4. The van der Waals surface area contributed by atoms with Gasteiger partial charge in [-0.3, -0.25) is 9.69 Å². The number of aldehydes is 1. The number of carbonyl (C=O) groups is 1. The Morgan fingerprint density at radius 3 is 2.04 bits per heavy atom. The Kier molecular flexibility index (Phi) is 5.47. The van der Waals surface area contributed by atoms with E-state index in [2.05, 4.69) is 62.6 Å². The Bertz CT molecular complexity index is 781. The second-order valence-electron chi connectivity index (χ2n) is 7.68. The summed E-state index contributed by atoms with van der Waals surface area (Å²) in [6.07, 6.45) is 0.938. The molecule has 0 bridgehead atoms. The predicted molar refractivity (Wildman–Crippen MR) is 109 cm³/mol. The molecule has 1 atom stereocenters. The van der Waals surface area contributed by atoms with Gasteiger partial charge in [0.2, 0.25) is 0 Å². The van der Waals surface area contributed by atoms with E-state index in [4.69, 9.17) is 0 Å². The highest BCUT2D eigenvalue weighted by molar-refractivity contribution is 5.78. The number of carbonyl (C=O) groups excluding carboxylic acids is 1. The molecule has 0 amide bonds. The van der Waals surface area contributed by atoms with Gasteiger partial charge in [-0.2, -0.15) is 0 Å². The molecule has 0 aliphatic carbocycles. The molecule has 0 N–H and O–H groups in total. The summed E-state index contributed by atoms with van der Waals surface area (Å²) in [5, 5.41) is 0. The molecule has 1 fully saturated rings. The molecule has 2 aromatic carbocycles. The summed E-state index contributed by atoms with van der Waals surface area (Å²) in [4.78, 5) is 16.1. The maximum Gasteiger partial charge on any atom is 0.150 e. The quantitative estimate of drug-likeness (QED) is 0.752. The molecule has 26 heavy (non-hydrogen) atoms. The van der Waals surface area contributed by atoms with Crippen molar-refractivity contribution in [1.82, 2.24) is 4.90 Å². The lowest BCUT2D eigenvalue weighted by Gasteiger charge is -2.40. The average molecular weight is 351 g/mol. The molecule has 3 heteroatoms. The summed E-state index contributed by atoms with van der Waals surface area (Å²) in [5.74, 6) is 0. The van der Waals surface area contributed by atoms with E-state index < -0.39 is 0 Å². The van der Waals surface area contributed by atoms with Crippen molar-refractivity contribution < 1.29 is 4.79 Å². The third kappa shape index (κ3) is 3.68. The minimum Gasteiger partial charge on any atom is -0.369 e. The molecule has 1 aliphatic heterocycles.